The zero-order valence-electron chi connectivity index (χ0n) is 14.5. The Kier molecular flexibility index (Phi) is 5.96. The molecule has 28 heavy (non-hydrogen) atoms. The van der Waals surface area contributed by atoms with Gasteiger partial charge in [0, 0.05) is 11.6 Å². The molecule has 0 radical (unpaired) electrons. The number of esters is 1. The number of carbonyl (C=O) groups excluding carboxylic acids is 2. The number of nitro groups is 1. The van der Waals surface area contributed by atoms with E-state index >= 15 is 0 Å². The van der Waals surface area contributed by atoms with Gasteiger partial charge in [-0.2, -0.15) is 0 Å². The maximum absolute atomic E-state index is 12.3. The second kappa shape index (κ2) is 8.58. The normalized spacial score (nSPS) is 10.3. The third-order valence-corrected chi connectivity index (χ3v) is 4.70. The van der Waals surface area contributed by atoms with Crippen molar-refractivity contribution in [1.29, 1.82) is 0 Å². The van der Waals surface area contributed by atoms with Gasteiger partial charge in [-0.05, 0) is 39.2 Å². The molecule has 0 heterocycles. The molecule has 0 spiro atoms. The van der Waals surface area contributed by atoms with Crippen LogP contribution in [0.15, 0.2) is 77.3 Å². The van der Waals surface area contributed by atoms with Gasteiger partial charge in [0.05, 0.1) is 15.0 Å². The lowest BCUT2D eigenvalue weighted by Gasteiger charge is -2.06. The number of benzene rings is 3. The van der Waals surface area contributed by atoms with E-state index in [4.69, 9.17) is 4.74 Å². The van der Waals surface area contributed by atoms with E-state index in [1.165, 1.54) is 12.1 Å². The number of Topliss-reactive ketones (excluding diaryl/α,β-unsaturated/α-hetero) is 1. The van der Waals surface area contributed by atoms with Crippen molar-refractivity contribution in [1.82, 2.24) is 0 Å². The molecule has 0 N–H and O–H groups in total. The highest BCUT2D eigenvalue weighted by Crippen LogP contribution is 2.26. The van der Waals surface area contributed by atoms with Crippen LogP contribution in [0.5, 0.6) is 0 Å². The smallest absolute Gasteiger partial charge is 0.338 e. The van der Waals surface area contributed by atoms with E-state index in [1.807, 2.05) is 42.5 Å². The molecule has 6 nitrogen and oxygen atoms in total. The van der Waals surface area contributed by atoms with Crippen molar-refractivity contribution in [3.05, 3.63) is 98.5 Å². The Bertz CT molecular complexity index is 1030. The van der Waals surface area contributed by atoms with Crippen molar-refractivity contribution in [2.75, 3.05) is 6.61 Å². The molecule has 0 amide bonds. The zero-order chi connectivity index (χ0) is 20.1. The Morgan fingerprint density at radius 2 is 1.50 bits per heavy atom. The predicted octanol–water partition coefficient (Wildman–Crippen LogP) is 5.06. The van der Waals surface area contributed by atoms with Gasteiger partial charge < -0.3 is 4.74 Å². The number of carbonyl (C=O) groups is 2. The van der Waals surface area contributed by atoms with Gasteiger partial charge in [-0.1, -0.05) is 54.6 Å². The summed E-state index contributed by atoms with van der Waals surface area (Å²) >= 11 is 3.05. The molecule has 0 bridgehead atoms. The Morgan fingerprint density at radius 1 is 0.893 bits per heavy atom. The fourth-order valence-corrected chi connectivity index (χ4v) is 2.95. The third kappa shape index (κ3) is 4.50. The lowest BCUT2D eigenvalue weighted by Crippen LogP contribution is -2.14. The SMILES string of the molecule is O=C(COC(=O)c1ccc(Br)c([N+](=O)[O-])c1)c1ccc(-c2ccccc2)cc1. The van der Waals surface area contributed by atoms with E-state index in [-0.39, 0.29) is 21.5 Å². The van der Waals surface area contributed by atoms with Crippen LogP contribution in [0.1, 0.15) is 20.7 Å². The minimum absolute atomic E-state index is 0.00197. The van der Waals surface area contributed by atoms with Crippen molar-refractivity contribution >= 4 is 33.4 Å². The largest absolute Gasteiger partial charge is 0.454 e. The second-order valence-corrected chi connectivity index (χ2v) is 6.72. The molecule has 0 aromatic heterocycles. The minimum Gasteiger partial charge on any atom is -0.454 e. The van der Waals surface area contributed by atoms with E-state index in [0.717, 1.165) is 17.2 Å². The lowest BCUT2D eigenvalue weighted by molar-refractivity contribution is -0.385. The predicted molar refractivity (Wildman–Crippen MR) is 107 cm³/mol. The molecule has 140 valence electrons. The molecular formula is C21H14BrNO5. The first kappa shape index (κ1) is 19.4. The third-order valence-electron chi connectivity index (χ3n) is 4.03. The summed E-state index contributed by atoms with van der Waals surface area (Å²) < 4.78 is 5.26. The summed E-state index contributed by atoms with van der Waals surface area (Å²) in [4.78, 5) is 34.7. The van der Waals surface area contributed by atoms with Crippen LogP contribution >= 0.6 is 15.9 Å². The summed E-state index contributed by atoms with van der Waals surface area (Å²) in [6.45, 7) is -0.451. The van der Waals surface area contributed by atoms with Crippen molar-refractivity contribution in [2.45, 2.75) is 0 Å². The highest BCUT2D eigenvalue weighted by molar-refractivity contribution is 9.10. The van der Waals surface area contributed by atoms with Gasteiger partial charge >= 0.3 is 5.97 Å². The fraction of sp³-hybridized carbons (Fsp3) is 0.0476. The minimum atomic E-state index is -0.801. The topological polar surface area (TPSA) is 86.5 Å². The standard InChI is InChI=1S/C21H14BrNO5/c22-18-11-10-17(12-19(18)23(26)27)21(25)28-13-20(24)16-8-6-15(7-9-16)14-4-2-1-3-5-14/h1-12H,13H2. The molecule has 0 fully saturated rings. The van der Waals surface area contributed by atoms with E-state index < -0.39 is 17.5 Å². The summed E-state index contributed by atoms with van der Waals surface area (Å²) in [7, 11) is 0. The number of ether oxygens (including phenoxy) is 1. The second-order valence-electron chi connectivity index (χ2n) is 5.87. The van der Waals surface area contributed by atoms with E-state index in [2.05, 4.69) is 15.9 Å². The summed E-state index contributed by atoms with van der Waals surface area (Å²) in [6, 6.07) is 20.6. The average molecular weight is 440 g/mol. The molecule has 0 unspecified atom stereocenters. The maximum atomic E-state index is 12.3. The van der Waals surface area contributed by atoms with E-state index in [1.54, 1.807) is 12.1 Å². The van der Waals surface area contributed by atoms with Gasteiger partial charge in [0.25, 0.3) is 5.69 Å². The van der Waals surface area contributed by atoms with Crippen LogP contribution in [0.25, 0.3) is 11.1 Å². The van der Waals surface area contributed by atoms with Gasteiger partial charge in [-0.15, -0.1) is 0 Å². The number of rotatable bonds is 6. The van der Waals surface area contributed by atoms with Gasteiger partial charge in [-0.25, -0.2) is 4.79 Å². The first-order valence-corrected chi connectivity index (χ1v) is 9.05. The van der Waals surface area contributed by atoms with Crippen LogP contribution in [-0.4, -0.2) is 23.3 Å². The summed E-state index contributed by atoms with van der Waals surface area (Å²) in [6.07, 6.45) is 0. The molecule has 3 aromatic rings. The zero-order valence-corrected chi connectivity index (χ0v) is 16.1. The molecule has 0 saturated heterocycles. The molecule has 0 aliphatic heterocycles. The Balaban J connectivity index is 1.65. The van der Waals surface area contributed by atoms with Crippen molar-refractivity contribution in [3.8, 4) is 11.1 Å². The van der Waals surface area contributed by atoms with E-state index in [9.17, 15) is 19.7 Å². The number of halogens is 1. The van der Waals surface area contributed by atoms with Crippen LogP contribution in [-0.2, 0) is 4.74 Å². The van der Waals surface area contributed by atoms with Gasteiger partial charge in [0.1, 0.15) is 0 Å². The Hall–Kier alpha value is -3.32. The molecule has 0 aliphatic carbocycles. The monoisotopic (exact) mass is 439 g/mol. The van der Waals surface area contributed by atoms with Crippen LogP contribution in [0.4, 0.5) is 5.69 Å². The summed E-state index contributed by atoms with van der Waals surface area (Å²) in [5.41, 5.74) is 2.16. The lowest BCUT2D eigenvalue weighted by atomic mass is 10.0. The van der Waals surface area contributed by atoms with Gasteiger partial charge in [0.2, 0.25) is 0 Å². The summed E-state index contributed by atoms with van der Waals surface area (Å²) in [5.74, 6) is -1.16. The summed E-state index contributed by atoms with van der Waals surface area (Å²) in [5, 5.41) is 10.9. The molecule has 3 aromatic carbocycles. The number of nitro benzene ring substituents is 1. The molecular weight excluding hydrogens is 426 g/mol. The van der Waals surface area contributed by atoms with Gasteiger partial charge in [0.15, 0.2) is 12.4 Å². The van der Waals surface area contributed by atoms with Gasteiger partial charge in [-0.3, -0.25) is 14.9 Å². The van der Waals surface area contributed by atoms with Crippen LogP contribution in [0.3, 0.4) is 0 Å². The quantitative estimate of drug-likeness (QED) is 0.231. The highest BCUT2D eigenvalue weighted by Gasteiger charge is 2.18. The number of hydrogen-bond donors (Lipinski definition) is 0. The molecule has 3 rings (SSSR count). The maximum Gasteiger partial charge on any atom is 0.338 e. The van der Waals surface area contributed by atoms with Crippen LogP contribution in [0, 0.1) is 10.1 Å². The number of ketones is 1. The first-order valence-electron chi connectivity index (χ1n) is 8.25. The van der Waals surface area contributed by atoms with E-state index in [0.29, 0.717) is 5.56 Å². The van der Waals surface area contributed by atoms with Crippen LogP contribution < -0.4 is 0 Å². The van der Waals surface area contributed by atoms with Crippen molar-refractivity contribution in [2.24, 2.45) is 0 Å². The van der Waals surface area contributed by atoms with Crippen LogP contribution in [0.2, 0.25) is 0 Å². The Morgan fingerprint density at radius 3 is 2.14 bits per heavy atom. The first-order chi connectivity index (χ1) is 13.5. The molecule has 0 aliphatic rings. The fourth-order valence-electron chi connectivity index (χ4n) is 2.56. The number of hydrogen-bond acceptors (Lipinski definition) is 5. The number of nitrogens with zero attached hydrogens (tertiary/aromatic N) is 1. The highest BCUT2D eigenvalue weighted by atomic mass is 79.9. The Labute approximate surface area is 169 Å². The molecule has 0 atom stereocenters. The molecule has 0 saturated carbocycles. The molecule has 7 heteroatoms. The van der Waals surface area contributed by atoms with Crippen molar-refractivity contribution in [3.63, 3.8) is 0 Å². The van der Waals surface area contributed by atoms with Crippen molar-refractivity contribution < 1.29 is 19.2 Å². The average Bonchev–Trinajstić information content (AvgIpc) is 2.72.